The molecule has 0 unspecified atom stereocenters. The van der Waals surface area contributed by atoms with Crippen LogP contribution >= 0.6 is 0 Å². The van der Waals surface area contributed by atoms with Crippen LogP contribution in [0.2, 0.25) is 0 Å². The predicted molar refractivity (Wildman–Crippen MR) is 51.3 cm³/mol. The maximum atomic E-state index is 11.2. The monoisotopic (exact) mass is 206 g/mol. The third kappa shape index (κ3) is 1.52. The second kappa shape index (κ2) is 3.60. The standard InChI is InChI=1S/C8H3BO6/c1-2-3(10)4(11)5(12)6(13)7(14)8(2)15-9/h1H3. The normalized spacial score (nSPS) is 9.93. The van der Waals surface area contributed by atoms with Crippen molar-refractivity contribution in [2.45, 2.75) is 6.92 Å². The Labute approximate surface area is 82.9 Å². The largest absolute Gasteiger partial charge is 0.565 e. The van der Waals surface area contributed by atoms with Crippen LogP contribution in [0.1, 0.15) is 5.56 Å². The van der Waals surface area contributed by atoms with Gasteiger partial charge in [-0.05, 0) is 6.92 Å². The van der Waals surface area contributed by atoms with E-state index in [1.807, 2.05) is 0 Å². The zero-order valence-electron chi connectivity index (χ0n) is 7.53. The quantitative estimate of drug-likeness (QED) is 0.362. The molecular weight excluding hydrogens is 203 g/mol. The molecule has 6 nitrogen and oxygen atoms in total. The smallest absolute Gasteiger partial charge is 0.374 e. The Bertz CT molecular complexity index is 668. The minimum atomic E-state index is -1.67. The van der Waals surface area contributed by atoms with E-state index in [-0.39, 0.29) is 0 Å². The molecule has 0 aliphatic rings. The Morgan fingerprint density at radius 1 is 0.800 bits per heavy atom. The fourth-order valence-corrected chi connectivity index (χ4v) is 0.998. The summed E-state index contributed by atoms with van der Waals surface area (Å²) in [5.74, 6) is -0.774. The fraction of sp³-hybridized carbons (Fsp3) is 0.125. The van der Waals surface area contributed by atoms with E-state index < -0.39 is 38.5 Å². The van der Waals surface area contributed by atoms with Gasteiger partial charge in [-0.2, -0.15) is 0 Å². The average molecular weight is 206 g/mol. The van der Waals surface area contributed by atoms with E-state index in [9.17, 15) is 24.0 Å². The Morgan fingerprint density at radius 3 is 1.67 bits per heavy atom. The number of hydrogen-bond acceptors (Lipinski definition) is 6. The summed E-state index contributed by atoms with van der Waals surface area (Å²) in [6.07, 6.45) is 0. The van der Waals surface area contributed by atoms with Crippen LogP contribution in [-0.2, 0) is 0 Å². The summed E-state index contributed by atoms with van der Waals surface area (Å²) in [4.78, 5) is 55.2. The molecule has 0 amide bonds. The van der Waals surface area contributed by atoms with Gasteiger partial charge in [-0.1, -0.05) is 0 Å². The summed E-state index contributed by atoms with van der Waals surface area (Å²) in [5, 5.41) is 0. The molecule has 0 fully saturated rings. The highest BCUT2D eigenvalue weighted by molar-refractivity contribution is 6.00. The highest BCUT2D eigenvalue weighted by Gasteiger charge is 2.15. The molecule has 0 saturated carbocycles. The molecular formula is C8H3BO6. The van der Waals surface area contributed by atoms with Gasteiger partial charge in [-0.25, -0.2) is 0 Å². The van der Waals surface area contributed by atoms with Crippen LogP contribution < -0.4 is 31.8 Å². The van der Waals surface area contributed by atoms with Gasteiger partial charge in [0, 0.05) is 5.56 Å². The van der Waals surface area contributed by atoms with Gasteiger partial charge in [-0.15, -0.1) is 0 Å². The molecule has 0 aromatic heterocycles. The third-order valence-corrected chi connectivity index (χ3v) is 1.83. The molecule has 7 heteroatoms. The maximum Gasteiger partial charge on any atom is 0.374 e. The van der Waals surface area contributed by atoms with Gasteiger partial charge < -0.3 is 4.65 Å². The molecule has 0 spiro atoms. The minimum Gasteiger partial charge on any atom is -0.565 e. The highest BCUT2D eigenvalue weighted by Crippen LogP contribution is 2.00. The average Bonchev–Trinajstić information content (AvgIpc) is 2.28. The zero-order chi connectivity index (χ0) is 11.7. The first kappa shape index (κ1) is 11.0. The van der Waals surface area contributed by atoms with E-state index >= 15 is 0 Å². The lowest BCUT2D eigenvalue weighted by Crippen LogP contribution is -2.46. The summed E-state index contributed by atoms with van der Waals surface area (Å²) in [5.41, 5.74) is -7.95. The molecule has 2 radical (unpaired) electrons. The van der Waals surface area contributed by atoms with Crippen molar-refractivity contribution in [1.29, 1.82) is 0 Å². The van der Waals surface area contributed by atoms with Crippen molar-refractivity contribution in [3.8, 4) is 5.75 Å². The zero-order valence-corrected chi connectivity index (χ0v) is 7.53. The molecule has 0 N–H and O–H groups in total. The minimum absolute atomic E-state index is 0.452. The Kier molecular flexibility index (Phi) is 2.65. The van der Waals surface area contributed by atoms with Gasteiger partial charge in [0.25, 0.3) is 21.7 Å². The van der Waals surface area contributed by atoms with E-state index in [0.29, 0.717) is 0 Å². The van der Waals surface area contributed by atoms with Crippen LogP contribution in [0.15, 0.2) is 24.0 Å². The van der Waals surface area contributed by atoms with Gasteiger partial charge >= 0.3 is 8.05 Å². The van der Waals surface area contributed by atoms with E-state index in [1.165, 1.54) is 0 Å². The van der Waals surface area contributed by atoms with Crippen LogP contribution in [0.25, 0.3) is 0 Å². The van der Waals surface area contributed by atoms with Crippen LogP contribution in [0.4, 0.5) is 0 Å². The summed E-state index contributed by atoms with van der Waals surface area (Å²) >= 11 is 0. The molecule has 0 heterocycles. The first-order chi connectivity index (χ1) is 6.91. The maximum absolute atomic E-state index is 11.2. The van der Waals surface area contributed by atoms with Crippen LogP contribution in [0, 0.1) is 6.92 Å². The summed E-state index contributed by atoms with van der Waals surface area (Å²) in [6.45, 7) is 1.06. The van der Waals surface area contributed by atoms with Gasteiger partial charge in [0.05, 0.1) is 0 Å². The molecule has 1 aromatic carbocycles. The molecule has 1 rings (SSSR count). The Morgan fingerprint density at radius 2 is 1.20 bits per heavy atom. The molecule has 0 atom stereocenters. The van der Waals surface area contributed by atoms with Crippen molar-refractivity contribution in [2.24, 2.45) is 0 Å². The molecule has 0 saturated heterocycles. The van der Waals surface area contributed by atoms with Crippen molar-refractivity contribution in [2.75, 3.05) is 0 Å². The summed E-state index contributed by atoms with van der Waals surface area (Å²) in [7, 11) is 4.66. The molecule has 0 aliphatic carbocycles. The SMILES string of the molecule is [B]Oc1c(C)c(=O)c(=O)c(=O)c(=O)c1=O. The first-order valence-electron chi connectivity index (χ1n) is 3.71. The van der Waals surface area contributed by atoms with Gasteiger partial charge in [-0.3, -0.25) is 24.0 Å². The number of hydrogen-bond donors (Lipinski definition) is 0. The van der Waals surface area contributed by atoms with E-state index in [2.05, 4.69) is 12.7 Å². The van der Waals surface area contributed by atoms with Gasteiger partial charge in [0.1, 0.15) is 0 Å². The second-order valence-electron chi connectivity index (χ2n) is 2.72. The lowest BCUT2D eigenvalue weighted by molar-refractivity contribution is 0.603. The summed E-state index contributed by atoms with van der Waals surface area (Å²) < 4.78 is 4.02. The van der Waals surface area contributed by atoms with Crippen LogP contribution in [-0.4, -0.2) is 8.05 Å². The van der Waals surface area contributed by atoms with Crippen molar-refractivity contribution in [3.05, 3.63) is 56.7 Å². The topological polar surface area (TPSA) is 94.6 Å². The van der Waals surface area contributed by atoms with Crippen LogP contribution in [0.3, 0.4) is 0 Å². The molecule has 15 heavy (non-hydrogen) atoms. The van der Waals surface area contributed by atoms with Gasteiger partial charge in [0.2, 0.25) is 5.43 Å². The second-order valence-corrected chi connectivity index (χ2v) is 2.72. The first-order valence-corrected chi connectivity index (χ1v) is 3.71. The predicted octanol–water partition coefficient (Wildman–Crippen LogP) is -2.87. The molecule has 0 bridgehead atoms. The Balaban J connectivity index is 4.33. The van der Waals surface area contributed by atoms with Crippen molar-refractivity contribution >= 4 is 8.05 Å². The van der Waals surface area contributed by atoms with Crippen LogP contribution in [0.5, 0.6) is 5.75 Å². The Hall–Kier alpha value is -2.05. The van der Waals surface area contributed by atoms with Gasteiger partial charge in [0.15, 0.2) is 5.75 Å². The van der Waals surface area contributed by atoms with Crippen molar-refractivity contribution in [1.82, 2.24) is 0 Å². The van der Waals surface area contributed by atoms with E-state index in [1.54, 1.807) is 0 Å². The molecule has 1 aromatic rings. The lowest BCUT2D eigenvalue weighted by atomic mass is 10.2. The van der Waals surface area contributed by atoms with Crippen molar-refractivity contribution in [3.63, 3.8) is 0 Å². The van der Waals surface area contributed by atoms with Crippen molar-refractivity contribution < 1.29 is 4.65 Å². The molecule has 0 aliphatic heterocycles. The highest BCUT2D eigenvalue weighted by atomic mass is 16.4. The lowest BCUT2D eigenvalue weighted by Gasteiger charge is -1.95. The van der Waals surface area contributed by atoms with E-state index in [4.69, 9.17) is 0 Å². The molecule has 74 valence electrons. The third-order valence-electron chi connectivity index (χ3n) is 1.83. The fourth-order valence-electron chi connectivity index (χ4n) is 0.998. The van der Waals surface area contributed by atoms with E-state index in [0.717, 1.165) is 6.92 Å². The summed E-state index contributed by atoms with van der Waals surface area (Å²) in [6, 6.07) is 0. The number of rotatable bonds is 1.